The number of aromatic nitrogens is 2. The highest BCUT2D eigenvalue weighted by Crippen LogP contribution is 2.39. The average Bonchev–Trinajstić information content (AvgIpc) is 2.86. The van der Waals surface area contributed by atoms with E-state index in [2.05, 4.69) is 21.4 Å². The molecule has 2 heterocycles. The van der Waals surface area contributed by atoms with E-state index in [1.165, 1.54) is 37.7 Å². The summed E-state index contributed by atoms with van der Waals surface area (Å²) in [6, 6.07) is 7.29. The summed E-state index contributed by atoms with van der Waals surface area (Å²) in [5, 5.41) is 0.160. The number of likely N-dealkylation sites (N-methyl/N-ethyl adjacent to an activating group) is 1. The summed E-state index contributed by atoms with van der Waals surface area (Å²) in [6.45, 7) is 7.41. The molecular formula is C25H25ClFN5O4. The summed E-state index contributed by atoms with van der Waals surface area (Å²) < 4.78 is 26.1. The lowest BCUT2D eigenvalue weighted by atomic mass is 10.1. The maximum absolute atomic E-state index is 15.0. The predicted molar refractivity (Wildman–Crippen MR) is 135 cm³/mol. The van der Waals surface area contributed by atoms with E-state index in [0.29, 0.717) is 24.0 Å². The molecule has 0 N–H and O–H groups in total. The monoisotopic (exact) mass is 513 g/mol. The lowest BCUT2D eigenvalue weighted by molar-refractivity contribution is -0.113. The zero-order valence-corrected chi connectivity index (χ0v) is 20.8. The molecular weight excluding hydrogens is 489 g/mol. The van der Waals surface area contributed by atoms with E-state index in [1.807, 2.05) is 14.0 Å². The minimum atomic E-state index is -0.801. The zero-order valence-electron chi connectivity index (χ0n) is 20.1. The van der Waals surface area contributed by atoms with Gasteiger partial charge in [0, 0.05) is 37.1 Å². The number of carbonyl (C=O) groups is 2. The Hall–Kier alpha value is -3.76. The molecule has 0 radical (unpaired) electrons. The number of hydrogen-bond donors (Lipinski definition) is 0. The first-order valence-corrected chi connectivity index (χ1v) is 11.5. The van der Waals surface area contributed by atoms with Crippen LogP contribution < -0.4 is 14.4 Å². The second-order valence-corrected chi connectivity index (χ2v) is 8.75. The third-order valence-electron chi connectivity index (χ3n) is 5.94. The molecule has 4 rings (SSSR count). The number of rotatable bonds is 5. The van der Waals surface area contributed by atoms with E-state index in [1.54, 1.807) is 11.0 Å². The minimum Gasteiger partial charge on any atom is -0.493 e. The number of benzene rings is 2. The van der Waals surface area contributed by atoms with Gasteiger partial charge < -0.3 is 19.3 Å². The third kappa shape index (κ3) is 4.82. The second-order valence-electron chi connectivity index (χ2n) is 8.34. The van der Waals surface area contributed by atoms with Gasteiger partial charge in [0.2, 0.25) is 0 Å². The average molecular weight is 514 g/mol. The quantitative estimate of drug-likeness (QED) is 0.467. The van der Waals surface area contributed by atoms with Gasteiger partial charge in [-0.05, 0) is 38.2 Å². The van der Waals surface area contributed by atoms with Crippen molar-refractivity contribution in [2.45, 2.75) is 13.0 Å². The number of ether oxygens (including phenoxy) is 2. The van der Waals surface area contributed by atoms with Crippen LogP contribution in [0.25, 0.3) is 10.9 Å². The van der Waals surface area contributed by atoms with Crippen molar-refractivity contribution >= 4 is 46.0 Å². The first kappa shape index (κ1) is 25.3. The number of amides is 2. The van der Waals surface area contributed by atoms with Crippen LogP contribution in [0.4, 0.5) is 20.7 Å². The number of nitrogens with zero attached hydrogens (tertiary/aromatic N) is 5. The van der Waals surface area contributed by atoms with Gasteiger partial charge in [-0.2, -0.15) is 0 Å². The van der Waals surface area contributed by atoms with Crippen molar-refractivity contribution in [1.82, 2.24) is 19.8 Å². The predicted octanol–water partition coefficient (Wildman–Crippen LogP) is 4.42. The Bertz CT molecular complexity index is 1340. The minimum absolute atomic E-state index is 0.0481. The molecule has 0 unspecified atom stereocenters. The lowest BCUT2D eigenvalue weighted by Gasteiger charge is -2.37. The molecule has 3 aromatic rings. The van der Waals surface area contributed by atoms with Crippen LogP contribution in [0, 0.1) is 5.82 Å². The molecule has 1 fully saturated rings. The normalized spacial score (nSPS) is 16.0. The maximum Gasteiger partial charge on any atom is 0.415 e. The number of methoxy groups -OCH3 is 1. The van der Waals surface area contributed by atoms with E-state index in [4.69, 9.17) is 21.1 Å². The number of anilines is 2. The van der Waals surface area contributed by atoms with Crippen molar-refractivity contribution in [1.29, 1.82) is 0 Å². The Morgan fingerprint density at radius 3 is 2.72 bits per heavy atom. The van der Waals surface area contributed by atoms with E-state index in [0.717, 1.165) is 17.5 Å². The molecule has 0 aliphatic carbocycles. The Labute approximate surface area is 212 Å². The van der Waals surface area contributed by atoms with Crippen LogP contribution in [0.2, 0.25) is 5.02 Å². The van der Waals surface area contributed by atoms with Crippen molar-refractivity contribution < 1.29 is 23.5 Å². The highest BCUT2D eigenvalue weighted by atomic mass is 35.5. The molecule has 11 heteroatoms. The molecule has 0 saturated carbocycles. The van der Waals surface area contributed by atoms with Crippen molar-refractivity contribution in [3.05, 3.63) is 60.2 Å². The summed E-state index contributed by atoms with van der Waals surface area (Å²) in [6.07, 6.45) is 1.74. The molecule has 1 atom stereocenters. The van der Waals surface area contributed by atoms with Gasteiger partial charge >= 0.3 is 6.09 Å². The van der Waals surface area contributed by atoms with E-state index in [9.17, 15) is 14.0 Å². The first-order chi connectivity index (χ1) is 17.2. The van der Waals surface area contributed by atoms with Gasteiger partial charge in [0.15, 0.2) is 23.1 Å². The van der Waals surface area contributed by atoms with Crippen LogP contribution >= 0.6 is 11.6 Å². The summed E-state index contributed by atoms with van der Waals surface area (Å²) in [5.74, 6) is -1.02. The van der Waals surface area contributed by atoms with Crippen LogP contribution in [0.1, 0.15) is 6.92 Å². The van der Waals surface area contributed by atoms with Crippen LogP contribution in [0.15, 0.2) is 49.3 Å². The molecule has 1 aliphatic rings. The molecule has 2 amide bonds. The number of hydrogen-bond acceptors (Lipinski definition) is 7. The topological polar surface area (TPSA) is 88.1 Å². The molecule has 9 nitrogen and oxygen atoms in total. The van der Waals surface area contributed by atoms with Crippen molar-refractivity contribution in [3.63, 3.8) is 0 Å². The second kappa shape index (κ2) is 10.5. The van der Waals surface area contributed by atoms with E-state index >= 15 is 0 Å². The molecule has 1 aromatic heterocycles. The first-order valence-electron chi connectivity index (χ1n) is 11.2. The molecule has 36 heavy (non-hydrogen) atoms. The Morgan fingerprint density at radius 2 is 2.03 bits per heavy atom. The van der Waals surface area contributed by atoms with Gasteiger partial charge in [0.05, 0.1) is 23.3 Å². The van der Waals surface area contributed by atoms with E-state index in [-0.39, 0.29) is 34.1 Å². The standard InChI is InChI=1S/C25H25ClFN5O4/c1-5-22(33)32(19-8-6-7-17(26)23(19)27)24-16-11-21(20(35-4)12-18(16)28-14-29-24)36-25(34)31-10-9-30(3)13-15(31)2/h5-8,11-12,14-15H,1,9-10,13H2,2-4H3/t15-/m1/s1. The zero-order chi connectivity index (χ0) is 26.0. The third-order valence-corrected chi connectivity index (χ3v) is 6.23. The number of piperazine rings is 1. The number of carbonyl (C=O) groups excluding carboxylic acids is 2. The highest BCUT2D eigenvalue weighted by molar-refractivity contribution is 6.31. The number of halogens is 2. The smallest absolute Gasteiger partial charge is 0.415 e. The summed E-state index contributed by atoms with van der Waals surface area (Å²) >= 11 is 5.97. The summed E-state index contributed by atoms with van der Waals surface area (Å²) in [7, 11) is 3.43. The Morgan fingerprint density at radius 1 is 1.25 bits per heavy atom. The van der Waals surface area contributed by atoms with Gasteiger partial charge in [0.25, 0.3) is 5.91 Å². The molecule has 188 valence electrons. The van der Waals surface area contributed by atoms with Crippen LogP contribution in [0.5, 0.6) is 11.5 Å². The maximum atomic E-state index is 15.0. The molecule has 0 spiro atoms. The van der Waals surface area contributed by atoms with Gasteiger partial charge in [-0.3, -0.25) is 9.69 Å². The Balaban J connectivity index is 1.81. The summed E-state index contributed by atoms with van der Waals surface area (Å²) in [5.41, 5.74) is 0.266. The van der Waals surface area contributed by atoms with Crippen LogP contribution in [-0.4, -0.2) is 71.6 Å². The molecule has 1 aliphatic heterocycles. The SMILES string of the molecule is C=CC(=O)N(c1cccc(Cl)c1F)c1ncnc2cc(OC)c(OC(=O)N3CCN(C)C[C@H]3C)cc12. The van der Waals surface area contributed by atoms with Gasteiger partial charge in [0.1, 0.15) is 6.33 Å². The highest BCUT2D eigenvalue weighted by Gasteiger charge is 2.29. The van der Waals surface area contributed by atoms with Crippen molar-refractivity contribution in [2.24, 2.45) is 0 Å². The van der Waals surface area contributed by atoms with Crippen LogP contribution in [0.3, 0.4) is 0 Å². The fourth-order valence-corrected chi connectivity index (χ4v) is 4.29. The van der Waals surface area contributed by atoms with Gasteiger partial charge in [-0.1, -0.05) is 24.2 Å². The van der Waals surface area contributed by atoms with Crippen molar-refractivity contribution in [3.8, 4) is 11.5 Å². The fraction of sp³-hybridized carbons (Fsp3) is 0.280. The number of fused-ring (bicyclic) bond motifs is 1. The molecule has 1 saturated heterocycles. The van der Waals surface area contributed by atoms with Crippen molar-refractivity contribution in [2.75, 3.05) is 38.7 Å². The van der Waals surface area contributed by atoms with Crippen LogP contribution in [-0.2, 0) is 4.79 Å². The van der Waals surface area contributed by atoms with Gasteiger partial charge in [-0.15, -0.1) is 0 Å². The molecule has 2 aromatic carbocycles. The van der Waals surface area contributed by atoms with Gasteiger partial charge in [-0.25, -0.2) is 19.2 Å². The molecule has 0 bridgehead atoms. The summed E-state index contributed by atoms with van der Waals surface area (Å²) in [4.78, 5) is 39.2. The Kier molecular flexibility index (Phi) is 7.37. The lowest BCUT2D eigenvalue weighted by Crippen LogP contribution is -2.53. The largest absolute Gasteiger partial charge is 0.493 e. The fourth-order valence-electron chi connectivity index (χ4n) is 4.13. The van der Waals surface area contributed by atoms with E-state index < -0.39 is 17.8 Å².